The van der Waals surface area contributed by atoms with E-state index in [1.807, 2.05) is 24.4 Å². The third-order valence-corrected chi connectivity index (χ3v) is 12.5. The quantitative estimate of drug-likeness (QED) is 0.149. The Balaban J connectivity index is 0.00000544. The summed E-state index contributed by atoms with van der Waals surface area (Å²) in [7, 11) is 0. The van der Waals surface area contributed by atoms with Crippen molar-refractivity contribution in [2.45, 2.75) is 97.8 Å². The largest absolute Gasteiger partial charge is 0.509 e. The number of hydrogen-bond donors (Lipinski definition) is 0. The first-order valence-corrected chi connectivity index (χ1v) is 21.8. The molecule has 324 valence electrons. The average Bonchev–Trinajstić information content (AvgIpc) is 3.79. The van der Waals surface area contributed by atoms with Gasteiger partial charge in [0.25, 0.3) is 0 Å². The number of rotatable bonds is 7. The summed E-state index contributed by atoms with van der Waals surface area (Å²) in [6.45, 7) is 27.1. The average molecular weight is 1010 g/mol. The summed E-state index contributed by atoms with van der Waals surface area (Å²) in [6.07, 6.45) is 1.93. The summed E-state index contributed by atoms with van der Waals surface area (Å²) in [5.74, 6) is 2.05. The van der Waals surface area contributed by atoms with Crippen LogP contribution in [0.2, 0.25) is 0 Å². The van der Waals surface area contributed by atoms with Crippen LogP contribution in [-0.4, -0.2) is 9.55 Å². The van der Waals surface area contributed by atoms with Gasteiger partial charge in [-0.1, -0.05) is 142 Å². The molecule has 0 fully saturated rings. The molecule has 1 aliphatic rings. The number of fused-ring (bicyclic) bond motifs is 4. The van der Waals surface area contributed by atoms with Crippen molar-refractivity contribution in [1.29, 1.82) is 0 Å². The summed E-state index contributed by atoms with van der Waals surface area (Å²) < 4.78 is 8.96. The number of ether oxygens (including phenoxy) is 1. The first-order chi connectivity index (χ1) is 29.4. The van der Waals surface area contributed by atoms with Gasteiger partial charge in [-0.15, -0.1) is 48.1 Å². The van der Waals surface area contributed by atoms with Crippen molar-refractivity contribution >= 4 is 44.6 Å². The van der Waals surface area contributed by atoms with Crippen molar-refractivity contribution in [3.8, 4) is 17.3 Å². The number of hydrogen-bond acceptors (Lipinski definition) is 4. The minimum Gasteiger partial charge on any atom is -0.509 e. The Morgan fingerprint density at radius 2 is 1.16 bits per heavy atom. The molecule has 0 amide bonds. The summed E-state index contributed by atoms with van der Waals surface area (Å²) in [4.78, 5) is 9.51. The van der Waals surface area contributed by atoms with Crippen LogP contribution >= 0.6 is 0 Å². The molecular formula is C57H57N4OPt-3. The van der Waals surface area contributed by atoms with E-state index >= 15 is 0 Å². The fourth-order valence-corrected chi connectivity index (χ4v) is 8.54. The van der Waals surface area contributed by atoms with Crippen molar-refractivity contribution < 1.29 is 25.8 Å². The molecule has 0 radical (unpaired) electrons. The van der Waals surface area contributed by atoms with E-state index in [4.69, 9.17) is 9.72 Å². The van der Waals surface area contributed by atoms with Gasteiger partial charge < -0.3 is 19.1 Å². The summed E-state index contributed by atoms with van der Waals surface area (Å²) >= 11 is 0. The minimum absolute atomic E-state index is 0. The van der Waals surface area contributed by atoms with Crippen LogP contribution in [-0.2, 0) is 42.7 Å². The molecule has 0 N–H and O–H groups in total. The van der Waals surface area contributed by atoms with Gasteiger partial charge in [0.2, 0.25) is 0 Å². The molecule has 0 aliphatic carbocycles. The number of anilines is 4. The van der Waals surface area contributed by atoms with Crippen molar-refractivity contribution in [3.05, 3.63) is 186 Å². The predicted octanol–water partition coefficient (Wildman–Crippen LogP) is 15.2. The Labute approximate surface area is 389 Å². The normalized spacial score (nSPS) is 13.4. The monoisotopic (exact) mass is 1010 g/mol. The molecule has 8 aromatic rings. The minimum atomic E-state index is -0.231. The van der Waals surface area contributed by atoms with Crippen LogP contribution < -0.4 is 14.5 Å². The van der Waals surface area contributed by atoms with Crippen molar-refractivity contribution in [2.75, 3.05) is 9.80 Å². The van der Waals surface area contributed by atoms with Gasteiger partial charge in [0.05, 0.1) is 0 Å². The maximum Gasteiger partial charge on any atom is 0.135 e. The van der Waals surface area contributed by atoms with Gasteiger partial charge in [0.1, 0.15) is 5.82 Å². The fraction of sp³-hybridized carbons (Fsp3) is 0.263. The molecule has 0 unspecified atom stereocenters. The standard InChI is InChI=1S/C57H57N4O.Pt/c1-54(2,3)39-19-15-20-43(31-39)59-37-60(52-33-41(56(7,8)9)24-28-50(52)59)44-21-16-22-45(35-44)62-46-25-26-47-48-32-40(55(4,5)6)23-27-49(48)61(51(47)36-46)53-34-42(29-30-58-53)57(10,11)38-17-13-12-14-18-38;/h12-34,37H,1-11H3;/q-3;. The van der Waals surface area contributed by atoms with Crippen molar-refractivity contribution in [3.63, 3.8) is 0 Å². The van der Waals surface area contributed by atoms with Gasteiger partial charge in [-0.05, 0) is 91.9 Å². The van der Waals surface area contributed by atoms with Gasteiger partial charge in [0, 0.05) is 66.8 Å². The van der Waals surface area contributed by atoms with Gasteiger partial charge in [-0.2, -0.15) is 12.1 Å². The molecule has 0 spiro atoms. The Bertz CT molecular complexity index is 2960. The van der Waals surface area contributed by atoms with Gasteiger partial charge in [-0.3, -0.25) is 0 Å². The zero-order valence-corrected chi connectivity index (χ0v) is 40.6. The second kappa shape index (κ2) is 16.2. The molecule has 63 heavy (non-hydrogen) atoms. The molecule has 0 saturated heterocycles. The molecule has 0 atom stereocenters. The van der Waals surface area contributed by atoms with Crippen molar-refractivity contribution in [1.82, 2.24) is 9.55 Å². The van der Waals surface area contributed by atoms with Gasteiger partial charge >= 0.3 is 0 Å². The first kappa shape index (κ1) is 44.0. The van der Waals surface area contributed by atoms with E-state index in [1.54, 1.807) is 0 Å². The predicted molar refractivity (Wildman–Crippen MR) is 259 cm³/mol. The van der Waals surface area contributed by atoms with Gasteiger partial charge in [-0.25, -0.2) is 4.98 Å². The van der Waals surface area contributed by atoms with Crippen molar-refractivity contribution in [2.24, 2.45) is 0 Å². The van der Waals surface area contributed by atoms with Crippen LogP contribution in [0.4, 0.5) is 22.7 Å². The van der Waals surface area contributed by atoms with Crippen LogP contribution in [0.5, 0.6) is 11.5 Å². The Hall–Kier alpha value is -5.64. The maximum atomic E-state index is 6.72. The summed E-state index contributed by atoms with van der Waals surface area (Å²) in [5.41, 5.74) is 12.2. The zero-order chi connectivity index (χ0) is 43.8. The molecular weight excluding hydrogens is 952 g/mol. The molecule has 0 saturated carbocycles. The van der Waals surface area contributed by atoms with E-state index < -0.39 is 0 Å². The van der Waals surface area contributed by atoms with E-state index in [1.165, 1.54) is 27.8 Å². The third kappa shape index (κ3) is 8.33. The van der Waals surface area contributed by atoms with Gasteiger partial charge in [0.15, 0.2) is 0 Å². The molecule has 3 heterocycles. The number of aromatic nitrogens is 2. The van der Waals surface area contributed by atoms with Crippen LogP contribution in [0, 0.1) is 18.8 Å². The fourth-order valence-electron chi connectivity index (χ4n) is 8.54. The zero-order valence-electron chi connectivity index (χ0n) is 38.4. The molecule has 1 aliphatic heterocycles. The van der Waals surface area contributed by atoms with Crippen LogP contribution in [0.1, 0.15) is 104 Å². The molecule has 5 nitrogen and oxygen atoms in total. The first-order valence-electron chi connectivity index (χ1n) is 21.8. The number of benzene rings is 6. The van der Waals surface area contributed by atoms with E-state index in [-0.39, 0.29) is 42.7 Å². The van der Waals surface area contributed by atoms with Crippen LogP contribution in [0.15, 0.2) is 140 Å². The molecule has 6 aromatic carbocycles. The molecule has 6 heteroatoms. The number of pyridine rings is 1. The molecule has 0 bridgehead atoms. The van der Waals surface area contributed by atoms with E-state index in [2.05, 4.69) is 225 Å². The Morgan fingerprint density at radius 1 is 0.508 bits per heavy atom. The summed E-state index contributed by atoms with van der Waals surface area (Å²) in [5, 5.41) is 2.26. The van der Waals surface area contributed by atoms with E-state index in [0.717, 1.165) is 50.4 Å². The Morgan fingerprint density at radius 3 is 1.89 bits per heavy atom. The second-order valence-corrected chi connectivity index (χ2v) is 20.4. The van der Waals surface area contributed by atoms with Crippen LogP contribution in [0.25, 0.3) is 27.6 Å². The molecule has 9 rings (SSSR count). The third-order valence-electron chi connectivity index (χ3n) is 12.5. The molecule has 2 aromatic heterocycles. The SMILES string of the molecule is CC(C)(C)c1cccc(N2[CH-]N(c3[c-]c(Oc4[c-]c5c(cc4)c4cc(C(C)(C)C)ccc4n5-c4cc(C(C)(C)c5ccccc5)ccn4)ccc3)c3cc(C(C)(C)C)ccc32)c1.[Pt]. The maximum absolute atomic E-state index is 6.72. The topological polar surface area (TPSA) is 33.5 Å². The second-order valence-electron chi connectivity index (χ2n) is 20.4. The van der Waals surface area contributed by atoms with E-state index in [0.29, 0.717) is 11.5 Å². The summed E-state index contributed by atoms with van der Waals surface area (Å²) in [6, 6.07) is 55.1. The van der Waals surface area contributed by atoms with Crippen LogP contribution in [0.3, 0.4) is 0 Å². The number of nitrogens with zero attached hydrogens (tertiary/aromatic N) is 4. The smallest absolute Gasteiger partial charge is 0.135 e. The Kier molecular flexibility index (Phi) is 11.3. The van der Waals surface area contributed by atoms with E-state index in [9.17, 15) is 0 Å².